The van der Waals surface area contributed by atoms with E-state index in [1.54, 1.807) is 42.7 Å². The summed E-state index contributed by atoms with van der Waals surface area (Å²) in [4.78, 5) is 16.0. The average Bonchev–Trinajstić information content (AvgIpc) is 3.06. The second-order valence-electron chi connectivity index (χ2n) is 5.24. The van der Waals surface area contributed by atoms with Gasteiger partial charge in [0, 0.05) is 35.5 Å². The molecule has 1 unspecified atom stereocenters. The minimum absolute atomic E-state index is 0.199. The second-order valence-corrected chi connectivity index (χ2v) is 5.67. The van der Waals surface area contributed by atoms with Crippen molar-refractivity contribution in [3.8, 4) is 11.3 Å². The molecule has 2 aromatic heterocycles. The van der Waals surface area contributed by atoms with E-state index in [0.29, 0.717) is 10.8 Å². The van der Waals surface area contributed by atoms with E-state index in [9.17, 15) is 9.90 Å². The number of nitrogens with one attached hydrogen (secondary N) is 2. The molecule has 0 aliphatic carbocycles. The largest absolute Gasteiger partial charge is 0.383 e. The molecule has 3 N–H and O–H groups in total. The third kappa shape index (κ3) is 3.98. The van der Waals surface area contributed by atoms with E-state index < -0.39 is 12.0 Å². The number of hydrogen-bond acceptors (Lipinski definition) is 4. The number of halogens is 1. The summed E-state index contributed by atoms with van der Waals surface area (Å²) in [6.07, 6.45) is 2.37. The third-order valence-corrected chi connectivity index (χ3v) is 3.72. The number of carbonyl (C=O) groups is 1. The van der Waals surface area contributed by atoms with Gasteiger partial charge in [-0.05, 0) is 29.8 Å². The molecule has 2 heterocycles. The number of aromatic nitrogens is 3. The Kier molecular flexibility index (Phi) is 4.88. The van der Waals surface area contributed by atoms with Crippen molar-refractivity contribution in [2.75, 3.05) is 5.32 Å². The summed E-state index contributed by atoms with van der Waals surface area (Å²) in [5.74, 6) is -0.167. The lowest BCUT2D eigenvalue weighted by molar-refractivity contribution is -0.123. The fraction of sp³-hybridized carbons (Fsp3) is 0.118. The maximum Gasteiger partial charge on any atom is 0.254 e. The highest BCUT2D eigenvalue weighted by Gasteiger charge is 2.17. The van der Waals surface area contributed by atoms with E-state index in [1.165, 1.54) is 0 Å². The first kappa shape index (κ1) is 16.2. The third-order valence-electron chi connectivity index (χ3n) is 3.47. The number of carbonyl (C=O) groups excluding carboxylic acids is 1. The number of H-pyrrole nitrogens is 1. The second kappa shape index (κ2) is 7.25. The molecule has 1 amide bonds. The minimum atomic E-state index is -1.17. The first-order valence-electron chi connectivity index (χ1n) is 7.31. The number of aliphatic hydroxyl groups excluding tert-OH is 1. The van der Waals surface area contributed by atoms with Crippen molar-refractivity contribution in [3.05, 3.63) is 65.4 Å². The first-order chi connectivity index (χ1) is 11.6. The van der Waals surface area contributed by atoms with Crippen molar-refractivity contribution in [1.82, 2.24) is 15.2 Å². The number of benzene rings is 1. The Hall–Kier alpha value is -2.70. The minimum Gasteiger partial charge on any atom is -0.383 e. The Morgan fingerprint density at radius 1 is 1.21 bits per heavy atom. The molecule has 0 saturated carbocycles. The predicted octanol–water partition coefficient (Wildman–Crippen LogP) is 2.67. The van der Waals surface area contributed by atoms with Crippen molar-refractivity contribution < 1.29 is 9.90 Å². The van der Waals surface area contributed by atoms with Crippen LogP contribution in [-0.2, 0) is 11.2 Å². The number of rotatable bonds is 5. The SMILES string of the molecule is O=C(Nc1cc(-c2ccncc2)[nH]n1)C(O)Cc1ccc(Cl)cc1. The van der Waals surface area contributed by atoms with Gasteiger partial charge in [-0.3, -0.25) is 14.9 Å². The quantitative estimate of drug-likeness (QED) is 0.664. The summed E-state index contributed by atoms with van der Waals surface area (Å²) in [6, 6.07) is 12.3. The number of amides is 1. The van der Waals surface area contributed by atoms with Gasteiger partial charge < -0.3 is 10.4 Å². The number of nitrogens with zero attached hydrogens (tertiary/aromatic N) is 2. The smallest absolute Gasteiger partial charge is 0.254 e. The van der Waals surface area contributed by atoms with E-state index >= 15 is 0 Å². The Balaban J connectivity index is 1.62. The Labute approximate surface area is 143 Å². The monoisotopic (exact) mass is 342 g/mol. The Bertz CT molecular complexity index is 818. The van der Waals surface area contributed by atoms with Crippen LogP contribution in [0.2, 0.25) is 5.02 Å². The lowest BCUT2D eigenvalue weighted by Gasteiger charge is -2.10. The normalized spacial score (nSPS) is 11.9. The summed E-state index contributed by atoms with van der Waals surface area (Å²) >= 11 is 5.81. The van der Waals surface area contributed by atoms with Gasteiger partial charge >= 0.3 is 0 Å². The predicted molar refractivity (Wildman–Crippen MR) is 91.6 cm³/mol. The van der Waals surface area contributed by atoms with Gasteiger partial charge in [-0.25, -0.2) is 0 Å². The lowest BCUT2D eigenvalue weighted by Crippen LogP contribution is -2.29. The summed E-state index contributed by atoms with van der Waals surface area (Å²) in [6.45, 7) is 0. The van der Waals surface area contributed by atoms with Gasteiger partial charge in [0.15, 0.2) is 5.82 Å². The van der Waals surface area contributed by atoms with Gasteiger partial charge in [-0.1, -0.05) is 23.7 Å². The van der Waals surface area contributed by atoms with Crippen molar-refractivity contribution >= 4 is 23.3 Å². The fourth-order valence-electron chi connectivity index (χ4n) is 2.21. The molecule has 122 valence electrons. The summed E-state index contributed by atoms with van der Waals surface area (Å²) in [7, 11) is 0. The van der Waals surface area contributed by atoms with Crippen LogP contribution in [0, 0.1) is 0 Å². The number of aliphatic hydroxyl groups is 1. The van der Waals surface area contributed by atoms with Crippen LogP contribution in [0.3, 0.4) is 0 Å². The van der Waals surface area contributed by atoms with Gasteiger partial charge in [-0.15, -0.1) is 0 Å². The number of hydrogen-bond donors (Lipinski definition) is 3. The Morgan fingerprint density at radius 2 is 1.92 bits per heavy atom. The van der Waals surface area contributed by atoms with E-state index in [-0.39, 0.29) is 6.42 Å². The maximum atomic E-state index is 12.1. The van der Waals surface area contributed by atoms with Gasteiger partial charge in [0.1, 0.15) is 6.10 Å². The van der Waals surface area contributed by atoms with Gasteiger partial charge in [0.2, 0.25) is 0 Å². The van der Waals surface area contributed by atoms with E-state index in [2.05, 4.69) is 20.5 Å². The molecule has 0 bridgehead atoms. The van der Waals surface area contributed by atoms with E-state index in [4.69, 9.17) is 11.6 Å². The van der Waals surface area contributed by atoms with Crippen LogP contribution < -0.4 is 5.32 Å². The van der Waals surface area contributed by atoms with Crippen molar-refractivity contribution in [2.45, 2.75) is 12.5 Å². The van der Waals surface area contributed by atoms with Crippen LogP contribution in [0.25, 0.3) is 11.3 Å². The van der Waals surface area contributed by atoms with Gasteiger partial charge in [0.05, 0.1) is 5.69 Å². The topological polar surface area (TPSA) is 90.9 Å². The molecular formula is C17H15ClN4O2. The van der Waals surface area contributed by atoms with Crippen LogP contribution in [0.4, 0.5) is 5.82 Å². The highest BCUT2D eigenvalue weighted by molar-refractivity contribution is 6.30. The van der Waals surface area contributed by atoms with Crippen molar-refractivity contribution in [2.24, 2.45) is 0 Å². The summed E-state index contributed by atoms with van der Waals surface area (Å²) in [5, 5.41) is 20.1. The highest BCUT2D eigenvalue weighted by atomic mass is 35.5. The molecule has 7 heteroatoms. The van der Waals surface area contributed by atoms with Crippen LogP contribution in [0.1, 0.15) is 5.56 Å². The molecule has 1 aromatic carbocycles. The zero-order valence-electron chi connectivity index (χ0n) is 12.6. The zero-order chi connectivity index (χ0) is 16.9. The van der Waals surface area contributed by atoms with Crippen LogP contribution in [0.5, 0.6) is 0 Å². The van der Waals surface area contributed by atoms with Gasteiger partial charge in [0.25, 0.3) is 5.91 Å². The first-order valence-corrected chi connectivity index (χ1v) is 7.69. The van der Waals surface area contributed by atoms with Crippen LogP contribution in [0.15, 0.2) is 54.9 Å². The van der Waals surface area contributed by atoms with Crippen molar-refractivity contribution in [3.63, 3.8) is 0 Å². The molecule has 6 nitrogen and oxygen atoms in total. The summed E-state index contributed by atoms with van der Waals surface area (Å²) < 4.78 is 0. The van der Waals surface area contributed by atoms with E-state index in [0.717, 1.165) is 16.8 Å². The van der Waals surface area contributed by atoms with Crippen molar-refractivity contribution in [1.29, 1.82) is 0 Å². The molecule has 0 aliphatic rings. The molecule has 0 fully saturated rings. The average molecular weight is 343 g/mol. The number of pyridine rings is 1. The standard InChI is InChI=1S/C17H15ClN4O2/c18-13-3-1-11(2-4-13)9-15(23)17(24)20-16-10-14(21-22-16)12-5-7-19-8-6-12/h1-8,10,15,23H,9H2,(H2,20,21,22,24). The number of anilines is 1. The molecule has 0 saturated heterocycles. The molecular weight excluding hydrogens is 328 g/mol. The molecule has 0 spiro atoms. The van der Waals surface area contributed by atoms with E-state index in [1.807, 2.05) is 12.1 Å². The summed E-state index contributed by atoms with van der Waals surface area (Å²) in [5.41, 5.74) is 2.47. The molecule has 3 aromatic rings. The highest BCUT2D eigenvalue weighted by Crippen LogP contribution is 2.19. The fourth-order valence-corrected chi connectivity index (χ4v) is 2.34. The maximum absolute atomic E-state index is 12.1. The van der Waals surface area contributed by atoms with Crippen LogP contribution in [-0.4, -0.2) is 32.3 Å². The van der Waals surface area contributed by atoms with Gasteiger partial charge in [-0.2, -0.15) is 5.10 Å². The molecule has 3 rings (SSSR count). The molecule has 24 heavy (non-hydrogen) atoms. The lowest BCUT2D eigenvalue weighted by atomic mass is 10.1. The Morgan fingerprint density at radius 3 is 2.62 bits per heavy atom. The number of aromatic amines is 1. The molecule has 0 radical (unpaired) electrons. The molecule has 1 atom stereocenters. The van der Waals surface area contributed by atoms with Crippen LogP contribution >= 0.6 is 11.6 Å². The molecule has 0 aliphatic heterocycles. The zero-order valence-corrected chi connectivity index (χ0v) is 13.4.